The Morgan fingerprint density at radius 1 is 1.22 bits per heavy atom. The lowest BCUT2D eigenvalue weighted by molar-refractivity contribution is -0.145. The van der Waals surface area contributed by atoms with Crippen LogP contribution >= 0.6 is 27.0 Å². The number of likely N-dealkylation sites (N-methyl/N-ethyl adjacent to an activating group) is 1. The number of fused-ring (bicyclic) bond motifs is 1. The molecule has 2 atom stereocenters. The lowest BCUT2D eigenvalue weighted by Gasteiger charge is -2.37. The summed E-state index contributed by atoms with van der Waals surface area (Å²) in [5.41, 5.74) is 1.12. The van der Waals surface area contributed by atoms with Gasteiger partial charge in [0.2, 0.25) is 17.7 Å². The van der Waals surface area contributed by atoms with Crippen LogP contribution in [0.15, 0.2) is 12.4 Å². The van der Waals surface area contributed by atoms with E-state index in [-0.39, 0.29) is 65.5 Å². The summed E-state index contributed by atoms with van der Waals surface area (Å²) in [5.74, 6) is -0.173. The van der Waals surface area contributed by atoms with Crippen LogP contribution in [0.3, 0.4) is 0 Å². The van der Waals surface area contributed by atoms with Crippen molar-refractivity contribution in [3.05, 3.63) is 23.9 Å². The van der Waals surface area contributed by atoms with Gasteiger partial charge in [-0.1, -0.05) is 14.9 Å². The molecule has 2 aliphatic rings. The Bertz CT molecular complexity index is 1040. The third-order valence-electron chi connectivity index (χ3n) is 5.73. The number of hydrogen-bond acceptors (Lipinski definition) is 9. The lowest BCUT2D eigenvalue weighted by atomic mass is 9.81. The first-order valence-corrected chi connectivity index (χ1v) is 10.4. The fraction of sp³-hybridized carbons (Fsp3) is 0.591. The number of aryl methyl sites for hydroxylation is 1. The predicted molar refractivity (Wildman–Crippen MR) is 146 cm³/mol. The fourth-order valence-corrected chi connectivity index (χ4v) is 3.99. The molecule has 1 amide bonds. The number of alkyl halides is 3. The molecule has 0 bridgehead atoms. The largest absolute Gasteiger partial charge is 0.490 e. The molecule has 10 nitrogen and oxygen atoms in total. The minimum atomic E-state index is -4.58. The maximum Gasteiger partial charge on any atom is 0.451 e. The first kappa shape index (κ1) is 34.5. The summed E-state index contributed by atoms with van der Waals surface area (Å²) in [6.45, 7) is 3.65. The average molecular weight is 568 g/mol. The number of carbonyl (C=O) groups excluding carboxylic acids is 1. The van der Waals surface area contributed by atoms with Crippen molar-refractivity contribution < 1.29 is 27.8 Å². The fourth-order valence-electron chi connectivity index (χ4n) is 3.99. The Morgan fingerprint density at radius 2 is 1.81 bits per heavy atom. The zero-order valence-corrected chi connectivity index (χ0v) is 21.2. The van der Waals surface area contributed by atoms with Crippen LogP contribution in [0, 0.1) is 12.8 Å². The number of aromatic nitrogens is 4. The average Bonchev–Trinajstić information content (AvgIpc) is 2.70. The number of carbonyl (C=O) groups is 1. The maximum absolute atomic E-state index is 12.5. The van der Waals surface area contributed by atoms with Gasteiger partial charge >= 0.3 is 6.18 Å². The van der Waals surface area contributed by atoms with Gasteiger partial charge in [0.1, 0.15) is 11.7 Å². The van der Waals surface area contributed by atoms with Gasteiger partial charge in [-0.05, 0) is 32.6 Å². The Morgan fingerprint density at radius 3 is 2.35 bits per heavy atom. The van der Waals surface area contributed by atoms with Crippen LogP contribution in [0.5, 0.6) is 5.75 Å². The van der Waals surface area contributed by atoms with E-state index in [4.69, 9.17) is 4.74 Å². The van der Waals surface area contributed by atoms with Crippen LogP contribution in [0.25, 0.3) is 0 Å². The zero-order chi connectivity index (χ0) is 23.9. The van der Waals surface area contributed by atoms with Gasteiger partial charge in [-0.2, -0.15) is 45.1 Å². The molecule has 0 saturated heterocycles. The standard InChI is InChI=1S/C20H24F3N7O3.2CH4.2H2S/c1-9-14-16(30(3)15(10(2)31)17(32)28-14)29-19(26-9)27-12-4-11(5-12)8-33-13-6-24-18(25-7-13)20(21,22)23;;;;/h6-7,10-12,15,31H,4-5,8H2,1-3H3,(H,28,32)(H,26,27,29);2*1H4;2*1H2/t10-,11?,12?,15-;;;;/m0..../s1. The topological polar surface area (TPSA) is 125 Å². The normalized spacial score (nSPS) is 20.8. The third-order valence-corrected chi connectivity index (χ3v) is 5.73. The number of nitrogens with one attached hydrogen (secondary N) is 2. The van der Waals surface area contributed by atoms with Crippen LogP contribution in [0.4, 0.5) is 30.6 Å². The minimum absolute atomic E-state index is 0. The van der Waals surface area contributed by atoms with E-state index in [1.165, 1.54) is 0 Å². The zero-order valence-electron chi connectivity index (χ0n) is 19.2. The highest BCUT2D eigenvalue weighted by Gasteiger charge is 2.37. The van der Waals surface area contributed by atoms with Gasteiger partial charge in [-0.25, -0.2) is 15.0 Å². The molecule has 4 rings (SSSR count). The molecule has 37 heavy (non-hydrogen) atoms. The van der Waals surface area contributed by atoms with Crippen LogP contribution in [0.1, 0.15) is 46.1 Å². The first-order chi connectivity index (χ1) is 15.5. The molecule has 0 aromatic carbocycles. The highest BCUT2D eigenvalue weighted by atomic mass is 32.1. The van der Waals surface area contributed by atoms with Crippen molar-refractivity contribution in [2.45, 2.75) is 65.9 Å². The summed E-state index contributed by atoms with van der Waals surface area (Å²) in [6, 6.07) is -0.644. The van der Waals surface area contributed by atoms with E-state index in [9.17, 15) is 23.1 Å². The predicted octanol–water partition coefficient (Wildman–Crippen LogP) is 3.50. The second kappa shape index (κ2) is 13.3. The summed E-state index contributed by atoms with van der Waals surface area (Å²) in [6.07, 6.45) is -1.89. The van der Waals surface area contributed by atoms with Gasteiger partial charge < -0.3 is 25.4 Å². The molecule has 15 heteroatoms. The molecule has 0 radical (unpaired) electrons. The Labute approximate surface area is 228 Å². The number of halogens is 3. The molecule has 1 aliphatic carbocycles. The molecular weight excluding hydrogens is 531 g/mol. The van der Waals surface area contributed by atoms with Gasteiger partial charge in [0.25, 0.3) is 0 Å². The van der Waals surface area contributed by atoms with Gasteiger partial charge in [-0.3, -0.25) is 4.79 Å². The molecule has 2 aromatic heterocycles. The van der Waals surface area contributed by atoms with Gasteiger partial charge in [-0.15, -0.1) is 0 Å². The number of ether oxygens (including phenoxy) is 1. The van der Waals surface area contributed by atoms with Crippen molar-refractivity contribution in [2.24, 2.45) is 5.92 Å². The summed E-state index contributed by atoms with van der Waals surface area (Å²) in [4.78, 5) is 29.4. The summed E-state index contributed by atoms with van der Waals surface area (Å²) in [5, 5.41) is 16.0. The second-order valence-corrected chi connectivity index (χ2v) is 8.35. The smallest absolute Gasteiger partial charge is 0.451 e. The molecule has 2 aromatic rings. The highest BCUT2D eigenvalue weighted by molar-refractivity contribution is 7.59. The molecule has 1 aliphatic heterocycles. The van der Waals surface area contributed by atoms with Crippen molar-refractivity contribution in [2.75, 3.05) is 29.2 Å². The quantitative estimate of drug-likeness (QED) is 0.481. The molecule has 210 valence electrons. The molecule has 1 saturated carbocycles. The van der Waals surface area contributed by atoms with Gasteiger partial charge in [0.15, 0.2) is 11.6 Å². The van der Waals surface area contributed by atoms with Crippen LogP contribution in [0.2, 0.25) is 0 Å². The van der Waals surface area contributed by atoms with Crippen molar-refractivity contribution in [1.82, 2.24) is 19.9 Å². The third kappa shape index (κ3) is 7.51. The van der Waals surface area contributed by atoms with Crippen LogP contribution in [-0.2, 0) is 11.0 Å². The number of rotatable bonds is 6. The number of nitrogens with zero attached hydrogens (tertiary/aromatic N) is 5. The molecule has 0 unspecified atom stereocenters. The van der Waals surface area contributed by atoms with Crippen molar-refractivity contribution in [3.8, 4) is 5.75 Å². The SMILES string of the molecule is C.C.Cc1nc(NC2CC(COc3cnc(C(F)(F)F)nc3)C2)nc2c1NC(=O)[C@H]([C@H](C)O)N2C.S.S. The Hall–Kier alpha value is -2.52. The number of aliphatic hydroxyl groups is 1. The van der Waals surface area contributed by atoms with Gasteiger partial charge in [0.05, 0.1) is 30.8 Å². The minimum Gasteiger partial charge on any atom is -0.490 e. The van der Waals surface area contributed by atoms with E-state index >= 15 is 0 Å². The van der Waals surface area contributed by atoms with E-state index in [1.54, 1.807) is 25.8 Å². The molecule has 0 spiro atoms. The van der Waals surface area contributed by atoms with Crippen molar-refractivity contribution >= 4 is 50.4 Å². The molecule has 3 heterocycles. The molecular formula is C22H36F3N7O3S2. The maximum atomic E-state index is 12.5. The van der Waals surface area contributed by atoms with Crippen molar-refractivity contribution in [1.29, 1.82) is 0 Å². The summed E-state index contributed by atoms with van der Waals surface area (Å²) >= 11 is 0. The monoisotopic (exact) mass is 567 g/mol. The summed E-state index contributed by atoms with van der Waals surface area (Å²) in [7, 11) is 1.70. The molecule has 3 N–H and O–H groups in total. The van der Waals surface area contributed by atoms with E-state index in [0.29, 0.717) is 29.8 Å². The lowest BCUT2D eigenvalue weighted by Crippen LogP contribution is -2.52. The van der Waals surface area contributed by atoms with Gasteiger partial charge in [0, 0.05) is 13.1 Å². The first-order valence-electron chi connectivity index (χ1n) is 10.4. The highest BCUT2D eigenvalue weighted by Crippen LogP contribution is 2.35. The van der Waals surface area contributed by atoms with E-state index in [2.05, 4.69) is 30.6 Å². The number of hydrogen-bond donors (Lipinski definition) is 3. The van der Waals surface area contributed by atoms with Crippen LogP contribution in [-0.4, -0.2) is 62.8 Å². The Kier molecular flexibility index (Phi) is 12.4. The molecule has 1 fully saturated rings. The van der Waals surface area contributed by atoms with Crippen LogP contribution < -0.4 is 20.3 Å². The summed E-state index contributed by atoms with van der Waals surface area (Å²) < 4.78 is 43.1. The number of aliphatic hydroxyl groups excluding tert-OH is 1. The Balaban J connectivity index is 0.00000324. The second-order valence-electron chi connectivity index (χ2n) is 8.35. The van der Waals surface area contributed by atoms with E-state index < -0.39 is 24.1 Å². The van der Waals surface area contributed by atoms with Crippen molar-refractivity contribution in [3.63, 3.8) is 0 Å². The van der Waals surface area contributed by atoms with E-state index in [0.717, 1.165) is 25.2 Å². The number of anilines is 3. The number of amides is 1. The van der Waals surface area contributed by atoms with E-state index in [1.807, 2.05) is 0 Å².